The summed E-state index contributed by atoms with van der Waals surface area (Å²) in [6, 6.07) is 0. The summed E-state index contributed by atoms with van der Waals surface area (Å²) < 4.78 is 0. The van der Waals surface area contributed by atoms with Crippen molar-refractivity contribution in [3.05, 3.63) is 0 Å². The lowest BCUT2D eigenvalue weighted by Gasteiger charge is -2.02. The summed E-state index contributed by atoms with van der Waals surface area (Å²) in [5.41, 5.74) is 0. The van der Waals surface area contributed by atoms with E-state index in [1.165, 1.54) is 50.8 Å². The lowest BCUT2D eigenvalue weighted by Crippen LogP contribution is -1.84. The second-order valence-electron chi connectivity index (χ2n) is 3.34. The van der Waals surface area contributed by atoms with Gasteiger partial charge in [0.25, 0.3) is 0 Å². The molecule has 0 saturated carbocycles. The number of hydrogen-bond donors (Lipinski definition) is 0. The van der Waals surface area contributed by atoms with Gasteiger partial charge in [0.2, 0.25) is 0 Å². The van der Waals surface area contributed by atoms with E-state index in [9.17, 15) is 0 Å². The lowest BCUT2D eigenvalue weighted by atomic mass is 10.3. The maximum atomic E-state index is 5.43. The van der Waals surface area contributed by atoms with Crippen molar-refractivity contribution < 1.29 is 0 Å². The molecule has 0 aliphatic rings. The van der Waals surface area contributed by atoms with Crippen molar-refractivity contribution >= 4 is 18.5 Å². The molecule has 0 aromatic heterocycles. The van der Waals surface area contributed by atoms with Gasteiger partial charge in [-0.25, -0.2) is 0 Å². The predicted molar refractivity (Wildman–Crippen MR) is 63.1 cm³/mol. The molecule has 0 spiro atoms. The van der Waals surface area contributed by atoms with E-state index in [1.54, 1.807) is 0 Å². The summed E-state index contributed by atoms with van der Waals surface area (Å²) in [5.74, 6) is 0. The topological polar surface area (TPSA) is 0 Å². The Hall–Kier alpha value is 0.520. The van der Waals surface area contributed by atoms with Crippen LogP contribution in [0.1, 0.15) is 52.4 Å². The first kappa shape index (κ1) is 12.5. The fourth-order valence-corrected chi connectivity index (χ4v) is 3.34. The summed E-state index contributed by atoms with van der Waals surface area (Å²) in [7, 11) is 0. The Morgan fingerprint density at radius 1 is 0.833 bits per heavy atom. The Kier molecular flexibility index (Phi) is 10.0. The average molecular weight is 205 g/mol. The molecular weight excluding hydrogens is 183 g/mol. The molecule has 0 bridgehead atoms. The van der Waals surface area contributed by atoms with Crippen LogP contribution in [0.3, 0.4) is 0 Å². The van der Waals surface area contributed by atoms with E-state index in [0.29, 0.717) is 0 Å². The molecular formula is C10H22PS. The molecule has 0 rings (SSSR count). The number of hydrogen-bond acceptors (Lipinski definition) is 1. The molecule has 1 radical (unpaired) electrons. The maximum Gasteiger partial charge on any atom is -0.00805 e. The molecule has 0 saturated heterocycles. The Balaban J connectivity index is 3.10. The first-order valence-corrected chi connectivity index (χ1v) is 7.95. The monoisotopic (exact) mass is 205 g/mol. The number of rotatable bonds is 8. The molecule has 73 valence electrons. The molecule has 12 heavy (non-hydrogen) atoms. The largest absolute Gasteiger partial charge is 0.0809 e. The molecule has 0 unspecified atom stereocenters. The zero-order valence-corrected chi connectivity index (χ0v) is 10.2. The normalized spacial score (nSPS) is 10.2. The highest BCUT2D eigenvalue weighted by Gasteiger charge is 1.94. The molecule has 0 fully saturated rings. The molecule has 0 aromatic rings. The van der Waals surface area contributed by atoms with Crippen LogP contribution in [0.25, 0.3) is 0 Å². The van der Waals surface area contributed by atoms with Gasteiger partial charge in [0, 0.05) is 0 Å². The van der Waals surface area contributed by atoms with E-state index in [0.717, 1.165) is 0 Å². The van der Waals surface area contributed by atoms with E-state index < -0.39 is 0 Å². The van der Waals surface area contributed by atoms with Crippen molar-refractivity contribution in [1.29, 1.82) is 0 Å². The van der Waals surface area contributed by atoms with Crippen LogP contribution in [-0.2, 0) is 11.8 Å². The van der Waals surface area contributed by atoms with Crippen LogP contribution in [-0.4, -0.2) is 12.3 Å². The molecule has 0 amide bonds. The third-order valence-electron chi connectivity index (χ3n) is 2.02. The molecule has 0 atom stereocenters. The fraction of sp³-hybridized carbons (Fsp3) is 1.00. The summed E-state index contributed by atoms with van der Waals surface area (Å²) in [4.78, 5) is 0. The van der Waals surface area contributed by atoms with Crippen LogP contribution in [0, 0.1) is 0 Å². The van der Waals surface area contributed by atoms with Crippen LogP contribution in [0.5, 0.6) is 0 Å². The van der Waals surface area contributed by atoms with Gasteiger partial charge in [-0.05, 0) is 25.2 Å². The van der Waals surface area contributed by atoms with Crippen LogP contribution in [0.15, 0.2) is 0 Å². The maximum absolute atomic E-state index is 5.43. The van der Waals surface area contributed by atoms with Crippen molar-refractivity contribution in [2.75, 3.05) is 12.3 Å². The van der Waals surface area contributed by atoms with Gasteiger partial charge in [0.1, 0.15) is 0 Å². The Morgan fingerprint density at radius 3 is 1.58 bits per heavy atom. The third kappa shape index (κ3) is 8.62. The van der Waals surface area contributed by atoms with Crippen LogP contribution in [0.2, 0.25) is 0 Å². The van der Waals surface area contributed by atoms with Gasteiger partial charge in [-0.1, -0.05) is 58.0 Å². The highest BCUT2D eigenvalue weighted by atomic mass is 32.4. The Morgan fingerprint density at radius 2 is 1.25 bits per heavy atom. The van der Waals surface area contributed by atoms with Gasteiger partial charge < -0.3 is 0 Å². The standard InChI is InChI=1S/C10H22PS/c1-3-5-7-9-11(12)10-8-6-4-2/h3-10H2,1-2H3. The Labute approximate surface area is 83.6 Å². The highest BCUT2D eigenvalue weighted by molar-refractivity contribution is 8.05. The Bertz CT molecular complexity index is 100. The quantitative estimate of drug-likeness (QED) is 0.420. The van der Waals surface area contributed by atoms with Gasteiger partial charge in [-0.3, -0.25) is 0 Å². The van der Waals surface area contributed by atoms with E-state index in [1.807, 2.05) is 0 Å². The van der Waals surface area contributed by atoms with Crippen LogP contribution >= 0.6 is 6.70 Å². The van der Waals surface area contributed by atoms with E-state index in [-0.39, 0.29) is 6.70 Å². The first-order valence-electron chi connectivity index (χ1n) is 5.23. The van der Waals surface area contributed by atoms with E-state index in [4.69, 9.17) is 11.8 Å². The summed E-state index contributed by atoms with van der Waals surface area (Å²) in [6.45, 7) is 4.48. The molecule has 0 nitrogen and oxygen atoms in total. The molecule has 0 N–H and O–H groups in total. The average Bonchev–Trinajstić information content (AvgIpc) is 2.06. The van der Waals surface area contributed by atoms with Gasteiger partial charge in [-0.2, -0.15) is 0 Å². The van der Waals surface area contributed by atoms with Crippen molar-refractivity contribution in [2.45, 2.75) is 52.4 Å². The van der Waals surface area contributed by atoms with Crippen molar-refractivity contribution in [3.8, 4) is 0 Å². The van der Waals surface area contributed by atoms with Gasteiger partial charge in [0.05, 0.1) is 0 Å². The zero-order chi connectivity index (χ0) is 9.23. The van der Waals surface area contributed by atoms with Gasteiger partial charge in [0.15, 0.2) is 0 Å². The molecule has 0 heterocycles. The van der Waals surface area contributed by atoms with E-state index in [2.05, 4.69) is 13.8 Å². The molecule has 0 aromatic carbocycles. The zero-order valence-electron chi connectivity index (χ0n) is 8.51. The van der Waals surface area contributed by atoms with Gasteiger partial charge in [-0.15, -0.1) is 0 Å². The summed E-state index contributed by atoms with van der Waals surface area (Å²) in [5, 5.41) is 0. The minimum atomic E-state index is -0.0204. The highest BCUT2D eigenvalue weighted by Crippen LogP contribution is 2.24. The van der Waals surface area contributed by atoms with E-state index >= 15 is 0 Å². The molecule has 0 aliphatic carbocycles. The number of unbranched alkanes of at least 4 members (excludes halogenated alkanes) is 4. The predicted octanol–water partition coefficient (Wildman–Crippen LogP) is 4.31. The summed E-state index contributed by atoms with van der Waals surface area (Å²) >= 11 is 5.43. The molecule has 0 aliphatic heterocycles. The third-order valence-corrected chi connectivity index (χ3v) is 4.75. The van der Waals surface area contributed by atoms with Crippen molar-refractivity contribution in [2.24, 2.45) is 0 Å². The van der Waals surface area contributed by atoms with Crippen molar-refractivity contribution in [1.82, 2.24) is 0 Å². The minimum Gasteiger partial charge on any atom is -0.0809 e. The lowest BCUT2D eigenvalue weighted by molar-refractivity contribution is 0.765. The second-order valence-corrected chi connectivity index (χ2v) is 6.75. The fourth-order valence-electron chi connectivity index (χ4n) is 1.19. The summed E-state index contributed by atoms with van der Waals surface area (Å²) in [6.07, 6.45) is 10.8. The van der Waals surface area contributed by atoms with Crippen LogP contribution < -0.4 is 0 Å². The van der Waals surface area contributed by atoms with Crippen LogP contribution in [0.4, 0.5) is 0 Å². The first-order chi connectivity index (χ1) is 5.81. The minimum absolute atomic E-state index is 0.0204. The molecule has 2 heteroatoms. The SMILES string of the molecule is CCCCC[P](=S)CCCCC. The smallest absolute Gasteiger partial charge is 0.00805 e. The van der Waals surface area contributed by atoms with Gasteiger partial charge >= 0.3 is 0 Å². The second kappa shape index (κ2) is 9.61. The van der Waals surface area contributed by atoms with Crippen molar-refractivity contribution in [3.63, 3.8) is 0 Å².